The molecule has 0 radical (unpaired) electrons. The van der Waals surface area contributed by atoms with Crippen molar-refractivity contribution in [1.82, 2.24) is 0 Å². The molecular formula is C16H16Cl2O. The fourth-order valence-electron chi connectivity index (χ4n) is 2.12. The lowest BCUT2D eigenvalue weighted by atomic mass is 9.96. The van der Waals surface area contributed by atoms with E-state index in [1.54, 1.807) is 13.2 Å². The summed E-state index contributed by atoms with van der Waals surface area (Å²) in [6.45, 7) is 4.16. The predicted molar refractivity (Wildman–Crippen MR) is 81.6 cm³/mol. The summed E-state index contributed by atoms with van der Waals surface area (Å²) in [5.41, 5.74) is 4.40. The van der Waals surface area contributed by atoms with Gasteiger partial charge in [0.15, 0.2) is 0 Å². The molecule has 100 valence electrons. The van der Waals surface area contributed by atoms with E-state index in [0.717, 1.165) is 16.9 Å². The topological polar surface area (TPSA) is 9.23 Å². The molecule has 2 aromatic carbocycles. The summed E-state index contributed by atoms with van der Waals surface area (Å²) >= 11 is 12.7. The van der Waals surface area contributed by atoms with Gasteiger partial charge in [-0.3, -0.25) is 0 Å². The summed E-state index contributed by atoms with van der Waals surface area (Å²) < 4.78 is 5.37. The molecule has 0 bridgehead atoms. The Morgan fingerprint density at radius 2 is 1.79 bits per heavy atom. The SMILES string of the molecule is COc1ccc(Cl)cc1C(Cl)c1cccc(C)c1C. The van der Waals surface area contributed by atoms with E-state index in [1.807, 2.05) is 24.3 Å². The maximum atomic E-state index is 6.63. The predicted octanol–water partition coefficient (Wildman–Crippen LogP) is 5.29. The van der Waals surface area contributed by atoms with E-state index in [1.165, 1.54) is 11.1 Å². The lowest BCUT2D eigenvalue weighted by Crippen LogP contribution is -2.00. The van der Waals surface area contributed by atoms with E-state index in [0.29, 0.717) is 5.02 Å². The van der Waals surface area contributed by atoms with Crippen molar-refractivity contribution in [3.63, 3.8) is 0 Å². The largest absolute Gasteiger partial charge is 0.496 e. The molecule has 0 aliphatic heterocycles. The fraction of sp³-hybridized carbons (Fsp3) is 0.250. The molecule has 0 saturated carbocycles. The van der Waals surface area contributed by atoms with E-state index in [4.69, 9.17) is 27.9 Å². The Kier molecular flexibility index (Phi) is 4.38. The quantitative estimate of drug-likeness (QED) is 0.699. The number of rotatable bonds is 3. The van der Waals surface area contributed by atoms with Gasteiger partial charge < -0.3 is 4.74 Å². The van der Waals surface area contributed by atoms with Crippen molar-refractivity contribution in [1.29, 1.82) is 0 Å². The summed E-state index contributed by atoms with van der Waals surface area (Å²) in [4.78, 5) is 0. The van der Waals surface area contributed by atoms with E-state index < -0.39 is 0 Å². The maximum absolute atomic E-state index is 6.63. The number of benzene rings is 2. The minimum absolute atomic E-state index is 0.270. The average molecular weight is 295 g/mol. The smallest absolute Gasteiger partial charge is 0.123 e. The Bertz CT molecular complexity index is 593. The zero-order valence-electron chi connectivity index (χ0n) is 11.2. The molecule has 0 aromatic heterocycles. The molecule has 0 saturated heterocycles. The van der Waals surface area contributed by atoms with Gasteiger partial charge in [0.05, 0.1) is 12.5 Å². The number of halogens is 2. The highest BCUT2D eigenvalue weighted by atomic mass is 35.5. The minimum Gasteiger partial charge on any atom is -0.496 e. The lowest BCUT2D eigenvalue weighted by molar-refractivity contribution is 0.410. The maximum Gasteiger partial charge on any atom is 0.123 e. The molecule has 0 heterocycles. The second-order valence-corrected chi connectivity index (χ2v) is 5.41. The molecule has 0 amide bonds. The third-order valence-corrected chi connectivity index (χ3v) is 4.09. The molecular weight excluding hydrogens is 279 g/mol. The molecule has 1 atom stereocenters. The lowest BCUT2D eigenvalue weighted by Gasteiger charge is -2.17. The Morgan fingerprint density at radius 3 is 2.47 bits per heavy atom. The van der Waals surface area contributed by atoms with Crippen LogP contribution >= 0.6 is 23.2 Å². The number of aryl methyl sites for hydroxylation is 1. The van der Waals surface area contributed by atoms with Crippen LogP contribution in [0.2, 0.25) is 5.02 Å². The average Bonchev–Trinajstić information content (AvgIpc) is 2.41. The zero-order valence-corrected chi connectivity index (χ0v) is 12.7. The van der Waals surface area contributed by atoms with Crippen molar-refractivity contribution in [2.45, 2.75) is 19.2 Å². The van der Waals surface area contributed by atoms with Gasteiger partial charge in [-0.2, -0.15) is 0 Å². The number of ether oxygens (including phenoxy) is 1. The van der Waals surface area contributed by atoms with Gasteiger partial charge in [-0.05, 0) is 48.7 Å². The first-order chi connectivity index (χ1) is 9.04. The molecule has 2 aromatic rings. The highest BCUT2D eigenvalue weighted by molar-refractivity contribution is 6.31. The molecule has 0 aliphatic carbocycles. The van der Waals surface area contributed by atoms with E-state index in [2.05, 4.69) is 19.9 Å². The number of hydrogen-bond donors (Lipinski definition) is 0. The highest BCUT2D eigenvalue weighted by Crippen LogP contribution is 2.38. The van der Waals surface area contributed by atoms with Crippen molar-refractivity contribution in [3.8, 4) is 5.75 Å². The molecule has 1 unspecified atom stereocenters. The van der Waals surface area contributed by atoms with E-state index in [-0.39, 0.29) is 5.38 Å². The second-order valence-electron chi connectivity index (χ2n) is 4.54. The van der Waals surface area contributed by atoms with Crippen LogP contribution in [-0.2, 0) is 0 Å². The second kappa shape index (κ2) is 5.85. The van der Waals surface area contributed by atoms with Crippen LogP contribution in [0, 0.1) is 13.8 Å². The Labute approximate surface area is 124 Å². The van der Waals surface area contributed by atoms with Crippen LogP contribution < -0.4 is 4.74 Å². The summed E-state index contributed by atoms with van der Waals surface area (Å²) in [6.07, 6.45) is 0. The van der Waals surface area contributed by atoms with Crippen LogP contribution in [0.3, 0.4) is 0 Å². The van der Waals surface area contributed by atoms with Crippen LogP contribution in [-0.4, -0.2) is 7.11 Å². The van der Waals surface area contributed by atoms with Crippen molar-refractivity contribution in [3.05, 3.63) is 63.7 Å². The van der Waals surface area contributed by atoms with Gasteiger partial charge in [-0.15, -0.1) is 11.6 Å². The van der Waals surface area contributed by atoms with Crippen molar-refractivity contribution >= 4 is 23.2 Å². The molecule has 2 rings (SSSR count). The van der Waals surface area contributed by atoms with Gasteiger partial charge in [0.25, 0.3) is 0 Å². The normalized spacial score (nSPS) is 12.3. The van der Waals surface area contributed by atoms with Gasteiger partial charge >= 0.3 is 0 Å². The van der Waals surface area contributed by atoms with Crippen LogP contribution in [0.5, 0.6) is 5.75 Å². The monoisotopic (exact) mass is 294 g/mol. The number of methoxy groups -OCH3 is 1. The van der Waals surface area contributed by atoms with Gasteiger partial charge in [-0.25, -0.2) is 0 Å². The van der Waals surface area contributed by atoms with E-state index in [9.17, 15) is 0 Å². The van der Waals surface area contributed by atoms with Crippen molar-refractivity contribution < 1.29 is 4.74 Å². The van der Waals surface area contributed by atoms with Gasteiger partial charge in [0, 0.05) is 10.6 Å². The highest BCUT2D eigenvalue weighted by Gasteiger charge is 2.18. The van der Waals surface area contributed by atoms with Crippen LogP contribution in [0.15, 0.2) is 36.4 Å². The standard InChI is InChI=1S/C16H16Cl2O/c1-10-5-4-6-13(11(10)2)16(18)14-9-12(17)7-8-15(14)19-3/h4-9,16H,1-3H3. The number of hydrogen-bond acceptors (Lipinski definition) is 1. The molecule has 0 N–H and O–H groups in total. The third kappa shape index (κ3) is 2.88. The van der Waals surface area contributed by atoms with Crippen LogP contribution in [0.25, 0.3) is 0 Å². The van der Waals surface area contributed by atoms with Gasteiger partial charge in [0.1, 0.15) is 5.75 Å². The summed E-state index contributed by atoms with van der Waals surface area (Å²) in [7, 11) is 1.64. The molecule has 0 spiro atoms. The van der Waals surface area contributed by atoms with E-state index >= 15 is 0 Å². The molecule has 0 aliphatic rings. The molecule has 3 heteroatoms. The summed E-state index contributed by atoms with van der Waals surface area (Å²) in [5.74, 6) is 0.755. The van der Waals surface area contributed by atoms with Gasteiger partial charge in [-0.1, -0.05) is 29.8 Å². The molecule has 0 fully saturated rings. The first-order valence-electron chi connectivity index (χ1n) is 6.08. The molecule has 19 heavy (non-hydrogen) atoms. The minimum atomic E-state index is -0.270. The van der Waals surface area contributed by atoms with Crippen molar-refractivity contribution in [2.75, 3.05) is 7.11 Å². The Balaban J connectivity index is 2.52. The fourth-order valence-corrected chi connectivity index (χ4v) is 2.71. The Hall–Kier alpha value is -1.18. The summed E-state index contributed by atoms with van der Waals surface area (Å²) in [5, 5.41) is 0.389. The summed E-state index contributed by atoms with van der Waals surface area (Å²) in [6, 6.07) is 11.6. The molecule has 1 nitrogen and oxygen atoms in total. The van der Waals surface area contributed by atoms with Crippen molar-refractivity contribution in [2.24, 2.45) is 0 Å². The van der Waals surface area contributed by atoms with Crippen LogP contribution in [0.4, 0.5) is 0 Å². The third-order valence-electron chi connectivity index (χ3n) is 3.38. The number of alkyl halides is 1. The van der Waals surface area contributed by atoms with Crippen LogP contribution in [0.1, 0.15) is 27.6 Å². The zero-order chi connectivity index (χ0) is 14.0. The first kappa shape index (κ1) is 14.2. The van der Waals surface area contributed by atoms with Gasteiger partial charge in [0.2, 0.25) is 0 Å². The Morgan fingerprint density at radius 1 is 1.05 bits per heavy atom. The first-order valence-corrected chi connectivity index (χ1v) is 6.89.